The molecule has 106 valence electrons. The Labute approximate surface area is 126 Å². The van der Waals surface area contributed by atoms with Gasteiger partial charge in [-0.3, -0.25) is 0 Å². The minimum absolute atomic E-state index is 0.414. The van der Waals surface area contributed by atoms with Gasteiger partial charge in [0, 0.05) is 18.7 Å². The van der Waals surface area contributed by atoms with Crippen LogP contribution < -0.4 is 10.6 Å². The number of anilines is 3. The first-order chi connectivity index (χ1) is 9.69. The lowest BCUT2D eigenvalue weighted by Gasteiger charge is -2.09. The van der Waals surface area contributed by atoms with Crippen molar-refractivity contribution in [2.75, 3.05) is 30.9 Å². The molecule has 2 rings (SSSR count). The molecule has 20 heavy (non-hydrogen) atoms. The second-order valence-corrected chi connectivity index (χ2v) is 4.68. The smallest absolute Gasteiger partial charge is 0.244 e. The number of methoxy groups -OCH3 is 1. The zero-order valence-corrected chi connectivity index (χ0v) is 12.2. The summed E-state index contributed by atoms with van der Waals surface area (Å²) in [5, 5.41) is 14.9. The van der Waals surface area contributed by atoms with Crippen LogP contribution in [0.3, 0.4) is 0 Å². The highest BCUT2D eigenvalue weighted by Crippen LogP contribution is 2.27. The Balaban J connectivity index is 2.07. The van der Waals surface area contributed by atoms with Crippen LogP contribution in [-0.4, -0.2) is 35.4 Å². The summed E-state index contributed by atoms with van der Waals surface area (Å²) in [5.41, 5.74) is 0.694. The summed E-state index contributed by atoms with van der Waals surface area (Å²) in [7, 11) is 1.63. The summed E-state index contributed by atoms with van der Waals surface area (Å²) >= 11 is 11.9. The van der Waals surface area contributed by atoms with E-state index in [4.69, 9.17) is 27.9 Å². The minimum Gasteiger partial charge on any atom is -0.383 e. The number of nitrogens with one attached hydrogen (secondary N) is 2. The zero-order chi connectivity index (χ0) is 14.4. The van der Waals surface area contributed by atoms with Crippen LogP contribution in [0.1, 0.15) is 0 Å². The lowest BCUT2D eigenvalue weighted by Crippen LogP contribution is -2.11. The van der Waals surface area contributed by atoms with Gasteiger partial charge in [0.1, 0.15) is 0 Å². The highest BCUT2D eigenvalue weighted by atomic mass is 35.5. The molecule has 1 aromatic carbocycles. The van der Waals surface area contributed by atoms with Crippen LogP contribution in [0, 0.1) is 0 Å². The molecule has 6 nitrogen and oxygen atoms in total. The molecule has 8 heteroatoms. The Kier molecular flexibility index (Phi) is 5.34. The van der Waals surface area contributed by atoms with E-state index in [0.29, 0.717) is 40.7 Å². The van der Waals surface area contributed by atoms with Gasteiger partial charge in [0.25, 0.3) is 0 Å². The quantitative estimate of drug-likeness (QED) is 0.799. The number of hydrogen-bond acceptors (Lipinski definition) is 6. The van der Waals surface area contributed by atoms with Crippen molar-refractivity contribution in [2.24, 2.45) is 0 Å². The summed E-state index contributed by atoms with van der Waals surface area (Å²) in [4.78, 5) is 4.26. The molecule has 0 aliphatic rings. The van der Waals surface area contributed by atoms with E-state index in [1.165, 1.54) is 6.20 Å². The van der Waals surface area contributed by atoms with Crippen LogP contribution in [0.2, 0.25) is 10.0 Å². The van der Waals surface area contributed by atoms with Crippen LogP contribution in [-0.2, 0) is 4.74 Å². The van der Waals surface area contributed by atoms with E-state index in [9.17, 15) is 0 Å². The SMILES string of the molecule is COCCNc1nncc(Nc2ccc(Cl)cc2Cl)n1. The fraction of sp³-hybridized carbons (Fsp3) is 0.250. The Morgan fingerprint density at radius 1 is 1.30 bits per heavy atom. The van der Waals surface area contributed by atoms with Gasteiger partial charge in [0.2, 0.25) is 5.95 Å². The zero-order valence-electron chi connectivity index (χ0n) is 10.7. The van der Waals surface area contributed by atoms with Gasteiger partial charge in [-0.15, -0.1) is 5.10 Å². The van der Waals surface area contributed by atoms with E-state index in [0.717, 1.165) is 0 Å². The van der Waals surface area contributed by atoms with Crippen LogP contribution in [0.25, 0.3) is 0 Å². The molecule has 1 aromatic heterocycles. The van der Waals surface area contributed by atoms with Gasteiger partial charge in [-0.05, 0) is 18.2 Å². The van der Waals surface area contributed by atoms with Gasteiger partial charge in [-0.25, -0.2) is 0 Å². The molecular weight excluding hydrogens is 301 g/mol. The molecule has 0 atom stereocenters. The molecule has 0 saturated carbocycles. The Morgan fingerprint density at radius 3 is 2.90 bits per heavy atom. The molecule has 0 bridgehead atoms. The summed E-state index contributed by atoms with van der Waals surface area (Å²) in [6.07, 6.45) is 1.51. The van der Waals surface area contributed by atoms with Crippen LogP contribution >= 0.6 is 23.2 Å². The third-order valence-electron chi connectivity index (χ3n) is 2.34. The van der Waals surface area contributed by atoms with Crippen molar-refractivity contribution in [3.8, 4) is 0 Å². The van der Waals surface area contributed by atoms with E-state index < -0.39 is 0 Å². The van der Waals surface area contributed by atoms with Gasteiger partial charge in [0.15, 0.2) is 5.82 Å². The van der Waals surface area contributed by atoms with Crippen LogP contribution in [0.15, 0.2) is 24.4 Å². The average molecular weight is 314 g/mol. The highest BCUT2D eigenvalue weighted by Gasteiger charge is 2.04. The fourth-order valence-electron chi connectivity index (χ4n) is 1.43. The van der Waals surface area contributed by atoms with Crippen LogP contribution in [0.4, 0.5) is 17.5 Å². The Hall–Kier alpha value is -1.63. The van der Waals surface area contributed by atoms with E-state index in [-0.39, 0.29) is 0 Å². The van der Waals surface area contributed by atoms with Gasteiger partial charge in [-0.1, -0.05) is 23.2 Å². The normalized spacial score (nSPS) is 10.3. The largest absolute Gasteiger partial charge is 0.383 e. The number of halogens is 2. The van der Waals surface area contributed by atoms with Crippen LogP contribution in [0.5, 0.6) is 0 Å². The molecule has 0 radical (unpaired) electrons. The second kappa shape index (κ2) is 7.23. The highest BCUT2D eigenvalue weighted by molar-refractivity contribution is 6.36. The standard InChI is InChI=1S/C12H13Cl2N5O/c1-20-5-4-15-12-18-11(7-16-19-12)17-10-3-2-8(13)6-9(10)14/h2-3,6-7H,4-5H2,1H3,(H2,15,17,18,19). The van der Waals surface area contributed by atoms with Crippen molar-refractivity contribution in [3.05, 3.63) is 34.4 Å². The van der Waals surface area contributed by atoms with Crippen molar-refractivity contribution in [1.82, 2.24) is 15.2 Å². The fourth-order valence-corrected chi connectivity index (χ4v) is 1.89. The number of rotatable bonds is 6. The predicted octanol–water partition coefficient (Wildman–Crippen LogP) is 2.98. The summed E-state index contributed by atoms with van der Waals surface area (Å²) in [6, 6.07) is 5.16. The topological polar surface area (TPSA) is 72.0 Å². The van der Waals surface area contributed by atoms with E-state index in [1.54, 1.807) is 25.3 Å². The van der Waals surface area contributed by atoms with Crippen molar-refractivity contribution in [2.45, 2.75) is 0 Å². The molecule has 0 spiro atoms. The number of ether oxygens (including phenoxy) is 1. The van der Waals surface area contributed by atoms with E-state index >= 15 is 0 Å². The molecule has 0 unspecified atom stereocenters. The summed E-state index contributed by atoms with van der Waals surface area (Å²) < 4.78 is 4.93. The van der Waals surface area contributed by atoms with Crippen molar-refractivity contribution >= 4 is 40.7 Å². The molecule has 0 aliphatic carbocycles. The number of benzene rings is 1. The second-order valence-electron chi connectivity index (χ2n) is 3.83. The average Bonchev–Trinajstić information content (AvgIpc) is 2.43. The molecule has 1 heterocycles. The monoisotopic (exact) mass is 313 g/mol. The summed E-state index contributed by atoms with van der Waals surface area (Å²) in [5.74, 6) is 0.946. The molecule has 0 fully saturated rings. The lowest BCUT2D eigenvalue weighted by molar-refractivity contribution is 0.210. The van der Waals surface area contributed by atoms with Crippen molar-refractivity contribution in [3.63, 3.8) is 0 Å². The predicted molar refractivity (Wildman–Crippen MR) is 79.9 cm³/mol. The van der Waals surface area contributed by atoms with E-state index in [2.05, 4.69) is 25.8 Å². The third-order valence-corrected chi connectivity index (χ3v) is 2.89. The maximum Gasteiger partial charge on any atom is 0.244 e. The van der Waals surface area contributed by atoms with E-state index in [1.807, 2.05) is 0 Å². The van der Waals surface area contributed by atoms with Gasteiger partial charge < -0.3 is 15.4 Å². The first-order valence-electron chi connectivity index (χ1n) is 5.83. The lowest BCUT2D eigenvalue weighted by atomic mass is 10.3. The third kappa shape index (κ3) is 4.19. The first kappa shape index (κ1) is 14.8. The molecule has 0 aliphatic heterocycles. The summed E-state index contributed by atoms with van der Waals surface area (Å²) in [6.45, 7) is 1.16. The van der Waals surface area contributed by atoms with Crippen molar-refractivity contribution in [1.29, 1.82) is 0 Å². The minimum atomic E-state index is 0.414. The number of hydrogen-bond donors (Lipinski definition) is 2. The Morgan fingerprint density at radius 2 is 2.15 bits per heavy atom. The van der Waals surface area contributed by atoms with Gasteiger partial charge >= 0.3 is 0 Å². The number of aromatic nitrogens is 3. The van der Waals surface area contributed by atoms with Gasteiger partial charge in [0.05, 0.1) is 23.5 Å². The Bertz CT molecular complexity index is 582. The number of nitrogens with zero attached hydrogens (tertiary/aromatic N) is 3. The maximum atomic E-state index is 6.08. The van der Waals surface area contributed by atoms with Crippen molar-refractivity contribution < 1.29 is 4.74 Å². The first-order valence-corrected chi connectivity index (χ1v) is 6.59. The van der Waals surface area contributed by atoms with Gasteiger partial charge in [-0.2, -0.15) is 10.1 Å². The molecular formula is C12H13Cl2N5O. The molecule has 0 amide bonds. The molecule has 2 aromatic rings. The molecule has 0 saturated heterocycles. The molecule has 2 N–H and O–H groups in total. The maximum absolute atomic E-state index is 6.08.